The largest absolute Gasteiger partial charge is 0.481 e. The second kappa shape index (κ2) is 8.31. The Balaban J connectivity index is 1.83. The number of benzene rings is 1. The van der Waals surface area contributed by atoms with Crippen molar-refractivity contribution in [3.05, 3.63) is 35.9 Å². The highest BCUT2D eigenvalue weighted by atomic mass is 16.4. The van der Waals surface area contributed by atoms with E-state index in [1.54, 1.807) is 4.90 Å². The SMILES string of the molecule is O=C(O)CCNC(=O)C1CCCN(C(=O)Cc2ccccc2)C1. The molecule has 0 radical (unpaired) electrons. The number of amides is 2. The third-order valence-electron chi connectivity index (χ3n) is 3.98. The molecule has 2 amide bonds. The maximum Gasteiger partial charge on any atom is 0.305 e. The van der Waals surface area contributed by atoms with Gasteiger partial charge in [-0.05, 0) is 18.4 Å². The van der Waals surface area contributed by atoms with Gasteiger partial charge in [-0.1, -0.05) is 30.3 Å². The molecule has 0 saturated carbocycles. The van der Waals surface area contributed by atoms with Gasteiger partial charge < -0.3 is 15.3 Å². The van der Waals surface area contributed by atoms with Crippen molar-refractivity contribution in [1.29, 1.82) is 0 Å². The summed E-state index contributed by atoms with van der Waals surface area (Å²) >= 11 is 0. The smallest absolute Gasteiger partial charge is 0.305 e. The van der Waals surface area contributed by atoms with Crippen LogP contribution >= 0.6 is 0 Å². The molecule has 23 heavy (non-hydrogen) atoms. The van der Waals surface area contributed by atoms with Gasteiger partial charge in [-0.25, -0.2) is 0 Å². The molecular weight excluding hydrogens is 296 g/mol. The van der Waals surface area contributed by atoms with Crippen molar-refractivity contribution in [1.82, 2.24) is 10.2 Å². The Morgan fingerprint density at radius 3 is 2.65 bits per heavy atom. The summed E-state index contributed by atoms with van der Waals surface area (Å²) in [4.78, 5) is 36.6. The van der Waals surface area contributed by atoms with Gasteiger partial charge >= 0.3 is 5.97 Å². The highest BCUT2D eigenvalue weighted by Gasteiger charge is 2.28. The number of carbonyl (C=O) groups is 3. The van der Waals surface area contributed by atoms with E-state index in [1.807, 2.05) is 30.3 Å². The van der Waals surface area contributed by atoms with E-state index in [0.717, 1.165) is 18.4 Å². The molecule has 1 fully saturated rings. The van der Waals surface area contributed by atoms with E-state index in [9.17, 15) is 14.4 Å². The van der Waals surface area contributed by atoms with Gasteiger partial charge in [0.25, 0.3) is 0 Å². The van der Waals surface area contributed by atoms with Crippen LogP contribution in [0.3, 0.4) is 0 Å². The molecule has 1 aliphatic heterocycles. The van der Waals surface area contributed by atoms with E-state index in [-0.39, 0.29) is 30.7 Å². The summed E-state index contributed by atoms with van der Waals surface area (Å²) in [6.07, 6.45) is 1.77. The van der Waals surface area contributed by atoms with Crippen LogP contribution in [0.4, 0.5) is 0 Å². The number of piperidine rings is 1. The predicted octanol–water partition coefficient (Wildman–Crippen LogP) is 1.06. The molecule has 1 heterocycles. The van der Waals surface area contributed by atoms with Crippen LogP contribution in [-0.4, -0.2) is 47.4 Å². The Morgan fingerprint density at radius 2 is 1.96 bits per heavy atom. The molecule has 0 aliphatic carbocycles. The standard InChI is InChI=1S/C17H22N2O4/c20-15(11-13-5-2-1-3-6-13)19-10-4-7-14(12-19)17(23)18-9-8-16(21)22/h1-3,5-6,14H,4,7-12H2,(H,18,23)(H,21,22). The summed E-state index contributed by atoms with van der Waals surface area (Å²) in [5, 5.41) is 11.2. The van der Waals surface area contributed by atoms with Crippen LogP contribution < -0.4 is 5.32 Å². The fourth-order valence-electron chi connectivity index (χ4n) is 2.74. The lowest BCUT2D eigenvalue weighted by molar-refractivity contribution is -0.137. The van der Waals surface area contributed by atoms with Crippen molar-refractivity contribution < 1.29 is 19.5 Å². The highest BCUT2D eigenvalue weighted by Crippen LogP contribution is 2.18. The first-order valence-electron chi connectivity index (χ1n) is 7.87. The summed E-state index contributed by atoms with van der Waals surface area (Å²) in [5.74, 6) is -1.33. The normalized spacial score (nSPS) is 17.6. The van der Waals surface area contributed by atoms with E-state index in [2.05, 4.69) is 5.32 Å². The quantitative estimate of drug-likeness (QED) is 0.821. The van der Waals surface area contributed by atoms with E-state index >= 15 is 0 Å². The first-order chi connectivity index (χ1) is 11.1. The number of hydrogen-bond acceptors (Lipinski definition) is 3. The molecule has 1 aliphatic rings. The Labute approximate surface area is 135 Å². The van der Waals surface area contributed by atoms with Crippen molar-refractivity contribution in [3.63, 3.8) is 0 Å². The lowest BCUT2D eigenvalue weighted by Crippen LogP contribution is -2.46. The minimum atomic E-state index is -0.936. The molecule has 1 aromatic rings. The van der Waals surface area contributed by atoms with E-state index in [0.29, 0.717) is 19.5 Å². The van der Waals surface area contributed by atoms with Crippen LogP contribution in [0.15, 0.2) is 30.3 Å². The fraction of sp³-hybridized carbons (Fsp3) is 0.471. The van der Waals surface area contributed by atoms with E-state index in [4.69, 9.17) is 5.11 Å². The Morgan fingerprint density at radius 1 is 1.22 bits per heavy atom. The molecule has 0 aromatic heterocycles. The molecule has 1 aromatic carbocycles. The Bertz CT molecular complexity index is 559. The molecule has 2 N–H and O–H groups in total. The summed E-state index contributed by atoms with van der Waals surface area (Å²) < 4.78 is 0. The fourth-order valence-corrected chi connectivity index (χ4v) is 2.74. The number of carboxylic acids is 1. The lowest BCUT2D eigenvalue weighted by Gasteiger charge is -2.32. The molecule has 6 nitrogen and oxygen atoms in total. The molecule has 1 saturated heterocycles. The van der Waals surface area contributed by atoms with Gasteiger partial charge in [0.05, 0.1) is 18.8 Å². The van der Waals surface area contributed by atoms with Gasteiger partial charge in [0.1, 0.15) is 0 Å². The van der Waals surface area contributed by atoms with Crippen LogP contribution in [0, 0.1) is 5.92 Å². The predicted molar refractivity (Wildman–Crippen MR) is 84.7 cm³/mol. The summed E-state index contributed by atoms with van der Waals surface area (Å²) in [5.41, 5.74) is 0.963. The maximum atomic E-state index is 12.4. The van der Waals surface area contributed by atoms with Gasteiger partial charge in [-0.2, -0.15) is 0 Å². The Kier molecular flexibility index (Phi) is 6.14. The number of carbonyl (C=O) groups excluding carboxylic acids is 2. The molecule has 1 unspecified atom stereocenters. The molecule has 0 spiro atoms. The van der Waals surface area contributed by atoms with Crippen molar-refractivity contribution in [2.24, 2.45) is 5.92 Å². The zero-order chi connectivity index (χ0) is 16.7. The van der Waals surface area contributed by atoms with Crippen LogP contribution in [0.25, 0.3) is 0 Å². The third kappa shape index (κ3) is 5.39. The molecule has 124 valence electrons. The first-order valence-corrected chi connectivity index (χ1v) is 7.87. The number of hydrogen-bond donors (Lipinski definition) is 2. The zero-order valence-electron chi connectivity index (χ0n) is 13.0. The molecule has 0 bridgehead atoms. The number of nitrogens with one attached hydrogen (secondary N) is 1. The number of rotatable bonds is 6. The van der Waals surface area contributed by atoms with Crippen LogP contribution in [0.1, 0.15) is 24.8 Å². The van der Waals surface area contributed by atoms with Crippen molar-refractivity contribution in [3.8, 4) is 0 Å². The van der Waals surface area contributed by atoms with E-state index < -0.39 is 5.97 Å². The topological polar surface area (TPSA) is 86.7 Å². The van der Waals surface area contributed by atoms with Gasteiger partial charge in [0.2, 0.25) is 11.8 Å². The van der Waals surface area contributed by atoms with Crippen LogP contribution in [-0.2, 0) is 20.8 Å². The maximum absolute atomic E-state index is 12.4. The second-order valence-electron chi connectivity index (χ2n) is 5.78. The van der Waals surface area contributed by atoms with Gasteiger partial charge in [-0.15, -0.1) is 0 Å². The Hall–Kier alpha value is -2.37. The minimum Gasteiger partial charge on any atom is -0.481 e. The number of carboxylic acid groups (broad SMARTS) is 1. The van der Waals surface area contributed by atoms with Crippen LogP contribution in [0.2, 0.25) is 0 Å². The second-order valence-corrected chi connectivity index (χ2v) is 5.78. The van der Waals surface area contributed by atoms with E-state index in [1.165, 1.54) is 0 Å². The average Bonchev–Trinajstić information content (AvgIpc) is 2.55. The summed E-state index contributed by atoms with van der Waals surface area (Å²) in [6.45, 7) is 1.21. The third-order valence-corrected chi connectivity index (χ3v) is 3.98. The van der Waals surface area contributed by atoms with Gasteiger partial charge in [0.15, 0.2) is 0 Å². The van der Waals surface area contributed by atoms with Crippen molar-refractivity contribution in [2.45, 2.75) is 25.7 Å². The monoisotopic (exact) mass is 318 g/mol. The summed E-state index contributed by atoms with van der Waals surface area (Å²) in [7, 11) is 0. The average molecular weight is 318 g/mol. The minimum absolute atomic E-state index is 0.0271. The first kappa shape index (κ1) is 17.0. The number of likely N-dealkylation sites (tertiary alicyclic amines) is 1. The highest BCUT2D eigenvalue weighted by molar-refractivity contribution is 5.82. The van der Waals surface area contributed by atoms with Gasteiger partial charge in [-0.3, -0.25) is 14.4 Å². The van der Waals surface area contributed by atoms with Crippen molar-refractivity contribution >= 4 is 17.8 Å². The number of nitrogens with zero attached hydrogens (tertiary/aromatic N) is 1. The van der Waals surface area contributed by atoms with Crippen molar-refractivity contribution in [2.75, 3.05) is 19.6 Å². The molecule has 1 atom stereocenters. The van der Waals surface area contributed by atoms with Crippen LogP contribution in [0.5, 0.6) is 0 Å². The molecular formula is C17H22N2O4. The zero-order valence-corrected chi connectivity index (χ0v) is 13.0. The lowest BCUT2D eigenvalue weighted by atomic mass is 9.96. The molecule has 2 rings (SSSR count). The number of aliphatic carboxylic acids is 1. The molecule has 6 heteroatoms. The summed E-state index contributed by atoms with van der Waals surface area (Å²) in [6, 6.07) is 9.54. The van der Waals surface area contributed by atoms with Gasteiger partial charge in [0, 0.05) is 19.6 Å².